The Labute approximate surface area is 238 Å². The average Bonchev–Trinajstić information content (AvgIpc) is 3.29. The predicted molar refractivity (Wildman–Crippen MR) is 154 cm³/mol. The van der Waals surface area contributed by atoms with Crippen molar-refractivity contribution in [1.82, 2.24) is 25.1 Å². The van der Waals surface area contributed by atoms with Crippen LogP contribution in [-0.4, -0.2) is 101 Å². The number of anilines is 4. The molecule has 0 atom stereocenters. The number of carbonyl (C=O) groups excluding carboxylic acids is 1. The molecule has 1 aliphatic rings. The molecule has 2 aromatic heterocycles. The van der Waals surface area contributed by atoms with Crippen molar-refractivity contribution < 1.29 is 20.5 Å². The van der Waals surface area contributed by atoms with Crippen LogP contribution < -0.4 is 16.0 Å². The molecular formula is C23H32Cl2N8O4Sn. The number of nitrogens with one attached hydrogen (secondary N) is 2. The van der Waals surface area contributed by atoms with Crippen molar-refractivity contribution in [2.24, 2.45) is 0 Å². The average molecular weight is 674 g/mol. The number of hydrogen-bond donors (Lipinski definition) is 3. The zero-order valence-electron chi connectivity index (χ0n) is 21.3. The topological polar surface area (TPSA) is 188 Å². The fourth-order valence-corrected chi connectivity index (χ4v) is 3.53. The van der Waals surface area contributed by atoms with Gasteiger partial charge in [0.15, 0.2) is 23.3 Å². The number of carbonyl (C=O) groups is 1. The Bertz CT molecular complexity index is 1190. The number of aromatic nitrogens is 4. The summed E-state index contributed by atoms with van der Waals surface area (Å²) in [6.07, 6.45) is 3.72. The summed E-state index contributed by atoms with van der Waals surface area (Å²) < 4.78 is 4.75. The van der Waals surface area contributed by atoms with E-state index in [1.807, 2.05) is 37.3 Å². The van der Waals surface area contributed by atoms with Crippen molar-refractivity contribution in [2.45, 2.75) is 6.92 Å². The molecule has 12 nitrogen and oxygen atoms in total. The molecular weight excluding hydrogens is 642 g/mol. The summed E-state index contributed by atoms with van der Waals surface area (Å²) in [5.41, 5.74) is 9.31. The van der Waals surface area contributed by atoms with Gasteiger partial charge in [0.2, 0.25) is 0 Å². The van der Waals surface area contributed by atoms with Crippen LogP contribution in [-0.2, 0) is 4.74 Å². The van der Waals surface area contributed by atoms with Crippen LogP contribution in [0, 0.1) is 6.92 Å². The van der Waals surface area contributed by atoms with E-state index in [9.17, 15) is 4.79 Å². The number of halogens is 2. The molecule has 0 unspecified atom stereocenters. The van der Waals surface area contributed by atoms with E-state index < -0.39 is 18.9 Å². The molecule has 3 aromatic rings. The van der Waals surface area contributed by atoms with E-state index in [4.69, 9.17) is 33.3 Å². The summed E-state index contributed by atoms with van der Waals surface area (Å²) in [4.78, 5) is 25.5. The number of H-pyrrole nitrogens is 1. The van der Waals surface area contributed by atoms with Crippen LogP contribution >= 0.6 is 17.8 Å². The molecule has 1 fully saturated rings. The predicted octanol–water partition coefficient (Wildman–Crippen LogP) is 1.89. The number of hydrogen-bond acceptors (Lipinski definition) is 9. The molecule has 0 amide bonds. The number of aryl methyl sites for hydroxylation is 1. The van der Waals surface area contributed by atoms with Crippen LogP contribution in [0.1, 0.15) is 27.4 Å². The molecule has 3 heterocycles. The van der Waals surface area contributed by atoms with Crippen molar-refractivity contribution in [3.63, 3.8) is 0 Å². The fraction of sp³-hybridized carbons (Fsp3) is 0.304. The molecule has 0 aliphatic carbocycles. The van der Waals surface area contributed by atoms with Gasteiger partial charge in [0, 0.05) is 37.9 Å². The first kappa shape index (κ1) is 33.4. The van der Waals surface area contributed by atoms with Crippen LogP contribution in [0.3, 0.4) is 0 Å². The maximum atomic E-state index is 11.6. The summed E-state index contributed by atoms with van der Waals surface area (Å²) in [6.45, 7) is 5.45. The molecule has 0 saturated carbocycles. The Morgan fingerprint density at radius 2 is 1.76 bits per heavy atom. The second-order valence-corrected chi connectivity index (χ2v) is 12.3. The molecule has 1 aliphatic heterocycles. The van der Waals surface area contributed by atoms with Crippen LogP contribution in [0.15, 0.2) is 30.3 Å². The summed E-state index contributed by atoms with van der Waals surface area (Å²) in [6, 6.07) is 9.01. The summed E-state index contributed by atoms with van der Waals surface area (Å²) in [5, 5.41) is 10.3. The normalized spacial score (nSPS) is 13.1. The molecule has 15 heteroatoms. The Morgan fingerprint density at radius 3 is 2.32 bits per heavy atom. The van der Waals surface area contributed by atoms with Gasteiger partial charge in [0.05, 0.1) is 12.7 Å². The fourth-order valence-electron chi connectivity index (χ4n) is 3.53. The molecule has 4 rings (SSSR count). The molecule has 8 N–H and O–H groups in total. The summed E-state index contributed by atoms with van der Waals surface area (Å²) in [5.74, 6) is 1.99. The molecule has 2 radical (unpaired) electrons. The third-order valence-electron chi connectivity index (χ3n) is 5.45. The monoisotopic (exact) mass is 674 g/mol. The van der Waals surface area contributed by atoms with Crippen LogP contribution in [0.4, 0.5) is 23.1 Å². The van der Waals surface area contributed by atoms with Crippen molar-refractivity contribution in [1.29, 1.82) is 0 Å². The Balaban J connectivity index is 0.00000138. The van der Waals surface area contributed by atoms with E-state index in [1.165, 1.54) is 7.11 Å². The zero-order chi connectivity index (χ0) is 26.1. The number of rotatable bonds is 6. The van der Waals surface area contributed by atoms with Crippen molar-refractivity contribution in [3.05, 3.63) is 53.0 Å². The first-order valence-corrected chi connectivity index (χ1v) is 18.3. The minimum atomic E-state index is -0.826. The van der Waals surface area contributed by atoms with Gasteiger partial charge < -0.3 is 36.5 Å². The van der Waals surface area contributed by atoms with Crippen molar-refractivity contribution >= 4 is 78.0 Å². The van der Waals surface area contributed by atoms with Crippen LogP contribution in [0.2, 0.25) is 0 Å². The van der Waals surface area contributed by atoms with E-state index in [1.54, 1.807) is 12.1 Å². The second-order valence-electron chi connectivity index (χ2n) is 8.04. The molecule has 1 aromatic carbocycles. The standard InChI is InChI=1S/C23H28N8O2.2ClH.2H2O.Sn/c1-15-14-19(29-28-15)26-21-20(24)22(31-12-10-30(2)11-13-31)27-18(25-21)9-6-16-4-7-17(8-5-16)23(32)33-3;;;;;/h4-9,14H,10-13,24H2,1-3H3,(H2,25,26,27,28,29);2*1H;2*1H2;/q;;;;;+2/p-2/b9-6+;;;;;. The number of nitrogen functional groups attached to an aromatic ring is 1. The number of esters is 1. The molecule has 0 bridgehead atoms. The van der Waals surface area contributed by atoms with E-state index in [0.29, 0.717) is 34.5 Å². The number of methoxy groups -OCH3 is 1. The first-order valence-electron chi connectivity index (χ1n) is 11.1. The Kier molecular flexibility index (Phi) is 14.4. The summed E-state index contributed by atoms with van der Waals surface area (Å²) >= 11 is -0.826. The number of ether oxygens (including phenoxy) is 1. The summed E-state index contributed by atoms with van der Waals surface area (Å²) in [7, 11) is 13.3. The van der Waals surface area contributed by atoms with Gasteiger partial charge in [0.25, 0.3) is 0 Å². The molecule has 38 heavy (non-hydrogen) atoms. The number of piperazine rings is 1. The third-order valence-corrected chi connectivity index (χ3v) is 5.45. The molecule has 1 saturated heterocycles. The van der Waals surface area contributed by atoms with Gasteiger partial charge in [-0.15, -0.1) is 0 Å². The third kappa shape index (κ3) is 9.29. The minimum absolute atomic E-state index is 0. The van der Waals surface area contributed by atoms with Gasteiger partial charge in [-0.2, -0.15) is 5.10 Å². The molecule has 206 valence electrons. The van der Waals surface area contributed by atoms with E-state index in [0.717, 1.165) is 37.4 Å². The maximum absolute atomic E-state index is 11.6. The SMILES string of the molecule is COC(=O)c1ccc(/C=C/c2nc(Nc3cc(C)[nH]n3)c(N)c(N3CCN(C)CC3)n2)cc1.O.O.[Cl][Sn][Cl]. The van der Waals surface area contributed by atoms with E-state index in [2.05, 4.69) is 37.3 Å². The van der Waals surface area contributed by atoms with Gasteiger partial charge in [-0.1, -0.05) is 18.2 Å². The van der Waals surface area contributed by atoms with Gasteiger partial charge in [-0.05, 0) is 37.7 Å². The second kappa shape index (κ2) is 16.4. The Morgan fingerprint density at radius 1 is 1.13 bits per heavy atom. The Hall–Kier alpha value is -2.62. The zero-order valence-corrected chi connectivity index (χ0v) is 25.6. The van der Waals surface area contributed by atoms with Crippen LogP contribution in [0.25, 0.3) is 12.2 Å². The van der Waals surface area contributed by atoms with Crippen molar-refractivity contribution in [2.75, 3.05) is 56.3 Å². The number of benzene rings is 1. The van der Waals surface area contributed by atoms with Crippen LogP contribution in [0.5, 0.6) is 0 Å². The number of likely N-dealkylation sites (N-methyl/N-ethyl adjacent to an activating group) is 1. The van der Waals surface area contributed by atoms with E-state index >= 15 is 0 Å². The van der Waals surface area contributed by atoms with E-state index in [-0.39, 0.29) is 16.9 Å². The van der Waals surface area contributed by atoms with Gasteiger partial charge in [-0.3, -0.25) is 5.10 Å². The number of aromatic amines is 1. The van der Waals surface area contributed by atoms with Gasteiger partial charge >= 0.3 is 42.7 Å². The first-order chi connectivity index (χ1) is 17.3. The van der Waals surface area contributed by atoms with Gasteiger partial charge in [0.1, 0.15) is 5.69 Å². The number of nitrogens with two attached hydrogens (primary N) is 1. The molecule has 0 spiro atoms. The van der Waals surface area contributed by atoms with Gasteiger partial charge in [-0.25, -0.2) is 14.8 Å². The number of nitrogens with zero attached hydrogens (tertiary/aromatic N) is 5. The van der Waals surface area contributed by atoms with Crippen molar-refractivity contribution in [3.8, 4) is 0 Å². The quantitative estimate of drug-likeness (QED) is 0.259.